The number of hydrogen-bond acceptors (Lipinski definition) is 5. The molecule has 3 aromatic heterocycles. The molecule has 0 aliphatic heterocycles. The molecule has 3 aromatic rings. The van der Waals surface area contributed by atoms with E-state index in [1.54, 1.807) is 35.3 Å². The summed E-state index contributed by atoms with van der Waals surface area (Å²) in [6.07, 6.45) is 7.34. The zero-order valence-corrected chi connectivity index (χ0v) is 10.9. The molecule has 0 aliphatic carbocycles. The average Bonchev–Trinajstić information content (AvgIpc) is 3.13. The van der Waals surface area contributed by atoms with Gasteiger partial charge in [-0.05, 0) is 18.2 Å². The molecule has 0 radical (unpaired) electrons. The van der Waals surface area contributed by atoms with Crippen molar-refractivity contribution in [2.24, 2.45) is 0 Å². The largest absolute Gasteiger partial charge is 0.284 e. The first-order valence-corrected chi connectivity index (χ1v) is 7.11. The molecule has 0 saturated carbocycles. The lowest BCUT2D eigenvalue weighted by Gasteiger charge is -2.06. The van der Waals surface area contributed by atoms with Gasteiger partial charge in [-0.25, -0.2) is 18.1 Å². The maximum Gasteiger partial charge on any atom is 0.265 e. The predicted octanol–water partition coefficient (Wildman–Crippen LogP) is 0.791. The molecule has 3 heterocycles. The van der Waals surface area contributed by atoms with Crippen LogP contribution in [0.4, 0.5) is 5.69 Å². The molecule has 3 rings (SSSR count). The van der Waals surface area contributed by atoms with Crippen molar-refractivity contribution in [3.8, 4) is 5.82 Å². The fraction of sp³-hybridized carbons (Fsp3) is 0. The van der Waals surface area contributed by atoms with Crippen molar-refractivity contribution in [2.45, 2.75) is 4.90 Å². The molecule has 0 bridgehead atoms. The Labute approximate surface area is 114 Å². The minimum absolute atomic E-state index is 0.0636. The van der Waals surface area contributed by atoms with E-state index in [1.165, 1.54) is 18.6 Å². The molecule has 0 spiro atoms. The monoisotopic (exact) mass is 290 g/mol. The lowest BCUT2D eigenvalue weighted by atomic mass is 10.4. The van der Waals surface area contributed by atoms with Gasteiger partial charge in [0.05, 0.1) is 18.1 Å². The van der Waals surface area contributed by atoms with E-state index in [9.17, 15) is 8.42 Å². The molecule has 0 unspecified atom stereocenters. The van der Waals surface area contributed by atoms with Crippen molar-refractivity contribution in [3.05, 3.63) is 49.2 Å². The van der Waals surface area contributed by atoms with E-state index in [2.05, 4.69) is 25.0 Å². The molecular weight excluding hydrogens is 280 g/mol. The van der Waals surface area contributed by atoms with Crippen LogP contribution in [-0.4, -0.2) is 33.4 Å². The average molecular weight is 290 g/mol. The summed E-state index contributed by atoms with van der Waals surface area (Å²) >= 11 is 0. The van der Waals surface area contributed by atoms with Crippen LogP contribution < -0.4 is 4.72 Å². The molecule has 9 heteroatoms. The zero-order chi connectivity index (χ0) is 14.0. The van der Waals surface area contributed by atoms with E-state index in [0.717, 1.165) is 0 Å². The molecule has 20 heavy (non-hydrogen) atoms. The van der Waals surface area contributed by atoms with Crippen LogP contribution >= 0.6 is 0 Å². The van der Waals surface area contributed by atoms with Gasteiger partial charge >= 0.3 is 0 Å². The highest BCUT2D eigenvalue weighted by Gasteiger charge is 2.15. The van der Waals surface area contributed by atoms with E-state index in [-0.39, 0.29) is 4.90 Å². The number of pyridine rings is 1. The summed E-state index contributed by atoms with van der Waals surface area (Å²) in [4.78, 5) is 4.20. The Morgan fingerprint density at radius 1 is 1.25 bits per heavy atom. The Hall–Kier alpha value is -2.68. The van der Waals surface area contributed by atoms with Gasteiger partial charge < -0.3 is 0 Å². The molecule has 0 amide bonds. The van der Waals surface area contributed by atoms with Gasteiger partial charge in [0.2, 0.25) is 0 Å². The fourth-order valence-electron chi connectivity index (χ4n) is 1.59. The van der Waals surface area contributed by atoms with Gasteiger partial charge in [0, 0.05) is 18.6 Å². The number of rotatable bonds is 4. The summed E-state index contributed by atoms with van der Waals surface area (Å²) in [5.41, 5.74) is 0.363. The highest BCUT2D eigenvalue weighted by atomic mass is 32.2. The number of nitrogens with one attached hydrogen (secondary N) is 2. The Balaban J connectivity index is 1.83. The Morgan fingerprint density at radius 2 is 2.15 bits per heavy atom. The van der Waals surface area contributed by atoms with Crippen molar-refractivity contribution >= 4 is 15.7 Å². The molecule has 0 saturated heterocycles. The minimum atomic E-state index is -3.64. The first-order valence-electron chi connectivity index (χ1n) is 5.63. The Bertz CT molecular complexity index is 778. The van der Waals surface area contributed by atoms with E-state index in [4.69, 9.17) is 0 Å². The molecule has 0 atom stereocenters. The van der Waals surface area contributed by atoms with Crippen molar-refractivity contribution in [2.75, 3.05) is 4.72 Å². The van der Waals surface area contributed by atoms with Crippen molar-refractivity contribution in [1.82, 2.24) is 25.0 Å². The van der Waals surface area contributed by atoms with Crippen LogP contribution in [0.25, 0.3) is 5.82 Å². The van der Waals surface area contributed by atoms with Crippen LogP contribution in [0.5, 0.6) is 0 Å². The Kier molecular flexibility index (Phi) is 2.95. The summed E-state index contributed by atoms with van der Waals surface area (Å²) in [5, 5.41) is 10.1. The van der Waals surface area contributed by atoms with Gasteiger partial charge in [-0.15, -0.1) is 0 Å². The summed E-state index contributed by atoms with van der Waals surface area (Å²) in [6.45, 7) is 0. The third-order valence-electron chi connectivity index (χ3n) is 2.52. The number of anilines is 1. The third-order valence-corrected chi connectivity index (χ3v) is 3.87. The highest BCUT2D eigenvalue weighted by Crippen LogP contribution is 2.14. The van der Waals surface area contributed by atoms with Gasteiger partial charge in [-0.1, -0.05) is 0 Å². The van der Waals surface area contributed by atoms with Crippen LogP contribution in [0, 0.1) is 0 Å². The number of sulfonamides is 1. The highest BCUT2D eigenvalue weighted by molar-refractivity contribution is 7.92. The summed E-state index contributed by atoms with van der Waals surface area (Å²) in [5.74, 6) is 0.598. The van der Waals surface area contributed by atoms with Crippen LogP contribution in [0.3, 0.4) is 0 Å². The van der Waals surface area contributed by atoms with Gasteiger partial charge in [-0.3, -0.25) is 9.82 Å². The molecule has 2 N–H and O–H groups in total. The predicted molar refractivity (Wildman–Crippen MR) is 70.8 cm³/mol. The maximum absolute atomic E-state index is 12.0. The number of aromatic nitrogens is 5. The summed E-state index contributed by atoms with van der Waals surface area (Å²) in [6, 6.07) is 5.05. The minimum Gasteiger partial charge on any atom is -0.284 e. The first-order chi connectivity index (χ1) is 9.65. The van der Waals surface area contributed by atoms with E-state index >= 15 is 0 Å². The molecule has 102 valence electrons. The quantitative estimate of drug-likeness (QED) is 0.739. The standard InChI is InChI=1S/C11H10N6O2S/c18-20(19,10-7-13-14-8-10)16-9-2-3-11(12-6-9)17-5-1-4-15-17/h1-8,16H,(H,13,14). The number of hydrogen-bond donors (Lipinski definition) is 2. The molecule has 0 aliphatic rings. The number of aromatic amines is 1. The summed E-state index contributed by atoms with van der Waals surface area (Å²) in [7, 11) is -3.64. The lowest BCUT2D eigenvalue weighted by molar-refractivity contribution is 0.601. The van der Waals surface area contributed by atoms with Crippen molar-refractivity contribution < 1.29 is 8.42 Å². The topological polar surface area (TPSA) is 106 Å². The van der Waals surface area contributed by atoms with Crippen LogP contribution in [-0.2, 0) is 10.0 Å². The smallest absolute Gasteiger partial charge is 0.265 e. The lowest BCUT2D eigenvalue weighted by Crippen LogP contribution is -2.12. The zero-order valence-electron chi connectivity index (χ0n) is 10.1. The van der Waals surface area contributed by atoms with E-state index in [1.807, 2.05) is 0 Å². The Morgan fingerprint density at radius 3 is 2.75 bits per heavy atom. The second kappa shape index (κ2) is 4.78. The number of nitrogens with zero attached hydrogens (tertiary/aromatic N) is 4. The van der Waals surface area contributed by atoms with E-state index in [0.29, 0.717) is 11.5 Å². The van der Waals surface area contributed by atoms with E-state index < -0.39 is 10.0 Å². The van der Waals surface area contributed by atoms with Crippen molar-refractivity contribution in [3.63, 3.8) is 0 Å². The maximum atomic E-state index is 12.0. The van der Waals surface area contributed by atoms with Crippen molar-refractivity contribution in [1.29, 1.82) is 0 Å². The van der Waals surface area contributed by atoms with Gasteiger partial charge in [0.25, 0.3) is 10.0 Å². The summed E-state index contributed by atoms with van der Waals surface area (Å²) < 4.78 is 27.9. The van der Waals surface area contributed by atoms with Gasteiger partial charge in [-0.2, -0.15) is 10.2 Å². The molecule has 0 fully saturated rings. The second-order valence-electron chi connectivity index (χ2n) is 3.90. The third kappa shape index (κ3) is 2.38. The SMILES string of the molecule is O=S(=O)(Nc1ccc(-n2cccn2)nc1)c1cn[nH]c1. The normalized spacial score (nSPS) is 11.4. The van der Waals surface area contributed by atoms with Crippen LogP contribution in [0.15, 0.2) is 54.1 Å². The van der Waals surface area contributed by atoms with Gasteiger partial charge in [0.15, 0.2) is 5.82 Å². The fourth-order valence-corrected chi connectivity index (χ4v) is 2.53. The molecule has 8 nitrogen and oxygen atoms in total. The van der Waals surface area contributed by atoms with Gasteiger partial charge in [0.1, 0.15) is 4.90 Å². The van der Waals surface area contributed by atoms with Crippen LogP contribution in [0.2, 0.25) is 0 Å². The first kappa shape index (κ1) is 12.4. The van der Waals surface area contributed by atoms with Crippen LogP contribution in [0.1, 0.15) is 0 Å². The second-order valence-corrected chi connectivity index (χ2v) is 5.58. The molecular formula is C11H10N6O2S. The number of H-pyrrole nitrogens is 1. The molecule has 0 aromatic carbocycles.